The van der Waals surface area contributed by atoms with Crippen LogP contribution in [0.2, 0.25) is 0 Å². The third-order valence-corrected chi connectivity index (χ3v) is 12.1. The van der Waals surface area contributed by atoms with E-state index in [0.717, 1.165) is 154 Å². The molecule has 412 valence electrons. The Hall–Kier alpha value is -4.45. The molecule has 0 aromatic carbocycles. The molecule has 0 aromatic heterocycles. The van der Waals surface area contributed by atoms with Gasteiger partial charge in [0.1, 0.15) is 13.2 Å². The van der Waals surface area contributed by atoms with Gasteiger partial charge in [-0.15, -0.1) is 0 Å². The number of carbonyl (C=O) groups excluding carboxylic acids is 3. The van der Waals surface area contributed by atoms with E-state index in [1.807, 2.05) is 0 Å². The summed E-state index contributed by atoms with van der Waals surface area (Å²) in [5.74, 6) is -0.957. The van der Waals surface area contributed by atoms with Crippen LogP contribution in [0.15, 0.2) is 134 Å². The SMILES string of the molecule is CC/C=C\C/C=C\C/C=C\C/C=C\C/C=C\C/C=C\C/C=C\C/C=C\C/C=C\CCCCCC(=O)OCC(COC(=O)CCCCCCC/C=C\CCC)OC(=O)CCCCCCC/C=C\CCCCCCC. The van der Waals surface area contributed by atoms with Crippen molar-refractivity contribution in [2.75, 3.05) is 13.2 Å². The minimum Gasteiger partial charge on any atom is -0.462 e. The van der Waals surface area contributed by atoms with E-state index in [-0.39, 0.29) is 31.1 Å². The van der Waals surface area contributed by atoms with Crippen LogP contribution in [0, 0.1) is 0 Å². The van der Waals surface area contributed by atoms with Crippen LogP contribution in [0.25, 0.3) is 0 Å². The predicted octanol–water partition coefficient (Wildman–Crippen LogP) is 20.2. The van der Waals surface area contributed by atoms with Gasteiger partial charge >= 0.3 is 17.9 Å². The summed E-state index contributed by atoms with van der Waals surface area (Å²) in [5, 5.41) is 0. The molecule has 0 fully saturated rings. The molecule has 0 spiro atoms. The Morgan fingerprint density at radius 2 is 0.562 bits per heavy atom. The van der Waals surface area contributed by atoms with E-state index < -0.39 is 6.10 Å². The van der Waals surface area contributed by atoms with Crippen LogP contribution in [0.5, 0.6) is 0 Å². The van der Waals surface area contributed by atoms with Crippen LogP contribution in [0.1, 0.15) is 252 Å². The zero-order valence-electron chi connectivity index (χ0n) is 47.1. The molecule has 1 unspecified atom stereocenters. The number of carbonyl (C=O) groups is 3. The average molecular weight is 1010 g/mol. The molecule has 0 saturated heterocycles. The van der Waals surface area contributed by atoms with Crippen LogP contribution in [-0.2, 0) is 28.6 Å². The summed E-state index contributed by atoms with van der Waals surface area (Å²) in [6.07, 6.45) is 84.6. The zero-order chi connectivity index (χ0) is 52.9. The van der Waals surface area contributed by atoms with Crippen molar-refractivity contribution in [3.05, 3.63) is 134 Å². The van der Waals surface area contributed by atoms with Gasteiger partial charge < -0.3 is 14.2 Å². The largest absolute Gasteiger partial charge is 0.462 e. The fraction of sp³-hybridized carbons (Fsp3) is 0.627. The number of allylic oxidation sites excluding steroid dienone is 22. The van der Waals surface area contributed by atoms with Crippen molar-refractivity contribution in [3.63, 3.8) is 0 Å². The van der Waals surface area contributed by atoms with Crippen LogP contribution >= 0.6 is 0 Å². The van der Waals surface area contributed by atoms with Gasteiger partial charge in [0.05, 0.1) is 0 Å². The van der Waals surface area contributed by atoms with Crippen LogP contribution in [0.3, 0.4) is 0 Å². The van der Waals surface area contributed by atoms with E-state index in [4.69, 9.17) is 14.2 Å². The molecule has 0 aliphatic carbocycles. The van der Waals surface area contributed by atoms with Crippen LogP contribution < -0.4 is 0 Å². The lowest BCUT2D eigenvalue weighted by atomic mass is 10.1. The second kappa shape index (κ2) is 60.1. The van der Waals surface area contributed by atoms with Gasteiger partial charge in [0, 0.05) is 19.3 Å². The quantitative estimate of drug-likeness (QED) is 0.0261. The Kier molecular flexibility index (Phi) is 56.4. The Bertz CT molecular complexity index is 1580. The first kappa shape index (κ1) is 68.6. The normalized spacial score (nSPS) is 13.1. The van der Waals surface area contributed by atoms with Gasteiger partial charge in [-0.1, -0.05) is 231 Å². The molecule has 6 heteroatoms. The van der Waals surface area contributed by atoms with Crippen molar-refractivity contribution < 1.29 is 28.6 Å². The maximum absolute atomic E-state index is 12.8. The van der Waals surface area contributed by atoms with Crippen molar-refractivity contribution in [3.8, 4) is 0 Å². The van der Waals surface area contributed by atoms with Crippen molar-refractivity contribution in [2.45, 2.75) is 258 Å². The Morgan fingerprint density at radius 1 is 0.288 bits per heavy atom. The fourth-order valence-corrected chi connectivity index (χ4v) is 7.67. The van der Waals surface area contributed by atoms with Gasteiger partial charge in [-0.25, -0.2) is 0 Å². The minimum atomic E-state index is -0.803. The topological polar surface area (TPSA) is 78.9 Å². The van der Waals surface area contributed by atoms with Gasteiger partial charge in [-0.05, 0) is 135 Å². The fourth-order valence-electron chi connectivity index (χ4n) is 7.67. The molecule has 6 nitrogen and oxygen atoms in total. The Morgan fingerprint density at radius 3 is 0.918 bits per heavy atom. The van der Waals surface area contributed by atoms with Gasteiger partial charge in [-0.3, -0.25) is 14.4 Å². The highest BCUT2D eigenvalue weighted by Gasteiger charge is 2.19. The van der Waals surface area contributed by atoms with E-state index in [9.17, 15) is 14.4 Å². The first-order valence-corrected chi connectivity index (χ1v) is 29.7. The number of rotatable bonds is 52. The van der Waals surface area contributed by atoms with Crippen molar-refractivity contribution in [1.29, 1.82) is 0 Å². The molecule has 0 aromatic rings. The molecule has 0 aliphatic heterocycles. The van der Waals surface area contributed by atoms with E-state index in [2.05, 4.69) is 154 Å². The number of hydrogen-bond acceptors (Lipinski definition) is 6. The second-order valence-corrected chi connectivity index (χ2v) is 19.2. The van der Waals surface area contributed by atoms with E-state index in [1.165, 1.54) is 57.8 Å². The minimum absolute atomic E-state index is 0.0997. The molecular weight excluding hydrogens is 901 g/mol. The Balaban J connectivity index is 4.33. The maximum atomic E-state index is 12.8. The highest BCUT2D eigenvalue weighted by atomic mass is 16.6. The third-order valence-electron chi connectivity index (χ3n) is 12.1. The Labute approximate surface area is 449 Å². The predicted molar refractivity (Wildman–Crippen MR) is 316 cm³/mol. The lowest BCUT2D eigenvalue weighted by Gasteiger charge is -2.18. The highest BCUT2D eigenvalue weighted by Crippen LogP contribution is 2.13. The maximum Gasteiger partial charge on any atom is 0.306 e. The summed E-state index contributed by atoms with van der Waals surface area (Å²) in [4.78, 5) is 38.0. The van der Waals surface area contributed by atoms with Crippen molar-refractivity contribution >= 4 is 17.9 Å². The molecule has 0 bridgehead atoms. The highest BCUT2D eigenvalue weighted by molar-refractivity contribution is 5.71. The summed E-state index contributed by atoms with van der Waals surface area (Å²) >= 11 is 0. The average Bonchev–Trinajstić information content (AvgIpc) is 3.39. The molecule has 0 amide bonds. The van der Waals surface area contributed by atoms with Gasteiger partial charge in [0.25, 0.3) is 0 Å². The molecule has 0 N–H and O–H groups in total. The lowest BCUT2D eigenvalue weighted by molar-refractivity contribution is -0.167. The summed E-state index contributed by atoms with van der Waals surface area (Å²) in [6.45, 7) is 6.40. The van der Waals surface area contributed by atoms with Gasteiger partial charge in [0.2, 0.25) is 0 Å². The van der Waals surface area contributed by atoms with E-state index in [1.54, 1.807) is 0 Å². The molecule has 0 rings (SSSR count). The van der Waals surface area contributed by atoms with Crippen LogP contribution in [0.4, 0.5) is 0 Å². The van der Waals surface area contributed by atoms with E-state index >= 15 is 0 Å². The summed E-state index contributed by atoms with van der Waals surface area (Å²) in [6, 6.07) is 0. The number of hydrogen-bond donors (Lipinski definition) is 0. The molecule has 0 radical (unpaired) electrons. The molecule has 0 heterocycles. The first-order valence-electron chi connectivity index (χ1n) is 29.7. The van der Waals surface area contributed by atoms with Crippen molar-refractivity contribution in [2.24, 2.45) is 0 Å². The zero-order valence-corrected chi connectivity index (χ0v) is 47.1. The summed E-state index contributed by atoms with van der Waals surface area (Å²) in [7, 11) is 0. The summed E-state index contributed by atoms with van der Waals surface area (Å²) < 4.78 is 16.8. The molecule has 73 heavy (non-hydrogen) atoms. The molecule has 0 saturated carbocycles. The standard InChI is InChI=1S/C67H108O6/c1-4-7-10-13-16-19-22-24-26-27-28-29-30-31-32-33-34-35-36-37-38-39-40-41-42-44-45-48-51-54-57-60-66(69)72-63-64(62-71-65(68)59-56-53-50-47-21-18-15-12-9-6-3)73-67(70)61-58-55-52-49-46-43-25-23-20-17-14-11-8-5-2/h7,10,12,15-16,19,23-26,28-29,31-32,34-35,37-38,40-41,44-45,64H,4-6,8-9,11,13-14,17-18,20-22,27,30,33,36,39,42-43,46-63H2,1-3H3/b10-7-,15-12-,19-16-,25-23-,26-24-,29-28-,32-31-,35-34-,38-37-,41-40-,45-44-. The lowest BCUT2D eigenvalue weighted by Crippen LogP contribution is -2.30. The number of unbranched alkanes of at least 4 members (excludes halogenated alkanes) is 19. The number of ether oxygens (including phenoxy) is 3. The van der Waals surface area contributed by atoms with E-state index in [0.29, 0.717) is 19.3 Å². The second-order valence-electron chi connectivity index (χ2n) is 19.2. The monoisotopic (exact) mass is 1010 g/mol. The smallest absolute Gasteiger partial charge is 0.306 e. The first-order chi connectivity index (χ1) is 36.0. The van der Waals surface area contributed by atoms with Gasteiger partial charge in [0.15, 0.2) is 6.10 Å². The van der Waals surface area contributed by atoms with Crippen molar-refractivity contribution in [1.82, 2.24) is 0 Å². The van der Waals surface area contributed by atoms with Gasteiger partial charge in [-0.2, -0.15) is 0 Å². The third kappa shape index (κ3) is 58.3. The molecular formula is C67H108O6. The molecule has 0 aliphatic rings. The number of esters is 3. The van der Waals surface area contributed by atoms with Crippen LogP contribution in [-0.4, -0.2) is 37.2 Å². The molecule has 1 atom stereocenters. The summed E-state index contributed by atoms with van der Waals surface area (Å²) in [5.41, 5.74) is 0.